The first-order valence-corrected chi connectivity index (χ1v) is 6.02. The molecular formula is C10H17N3O2S. The summed E-state index contributed by atoms with van der Waals surface area (Å²) in [7, 11) is 1.64. The van der Waals surface area contributed by atoms with Gasteiger partial charge in [-0.3, -0.25) is 0 Å². The number of aryl methyl sites for hydroxylation is 1. The first-order valence-electron chi connectivity index (χ1n) is 5.20. The second kappa shape index (κ2) is 6.44. The van der Waals surface area contributed by atoms with E-state index in [1.54, 1.807) is 18.4 Å². The molecule has 5 nitrogen and oxygen atoms in total. The number of aromatic nitrogens is 1. The van der Waals surface area contributed by atoms with Gasteiger partial charge in [0.25, 0.3) is 0 Å². The van der Waals surface area contributed by atoms with Crippen molar-refractivity contribution in [1.29, 1.82) is 0 Å². The molecule has 1 rings (SSSR count). The average molecular weight is 243 g/mol. The summed E-state index contributed by atoms with van der Waals surface area (Å²) in [5.41, 5.74) is 0. The van der Waals surface area contributed by atoms with Crippen molar-refractivity contribution >= 4 is 17.4 Å². The van der Waals surface area contributed by atoms with Crippen molar-refractivity contribution in [3.63, 3.8) is 0 Å². The highest BCUT2D eigenvalue weighted by atomic mass is 32.1. The molecule has 1 aromatic rings. The Hall–Kier alpha value is -1.14. The number of nitrogens with one attached hydrogen (secondary N) is 1. The number of rotatable bonds is 5. The van der Waals surface area contributed by atoms with Crippen molar-refractivity contribution in [2.24, 2.45) is 0 Å². The van der Waals surface area contributed by atoms with Gasteiger partial charge in [0.15, 0.2) is 0 Å². The Labute approximate surface area is 99.1 Å². The highest BCUT2D eigenvalue weighted by Gasteiger charge is 2.08. The maximum absolute atomic E-state index is 11.5. The number of aliphatic hydroxyl groups excluding tert-OH is 1. The number of urea groups is 1. The van der Waals surface area contributed by atoms with Gasteiger partial charge < -0.3 is 15.3 Å². The van der Waals surface area contributed by atoms with Crippen LogP contribution in [0.1, 0.15) is 16.8 Å². The van der Waals surface area contributed by atoms with E-state index in [0.717, 1.165) is 11.4 Å². The Morgan fingerprint density at radius 1 is 1.69 bits per heavy atom. The minimum Gasteiger partial charge on any atom is -0.395 e. The van der Waals surface area contributed by atoms with Crippen LogP contribution in [0.2, 0.25) is 0 Å². The Morgan fingerprint density at radius 2 is 2.44 bits per heavy atom. The molecule has 1 aromatic heterocycles. The quantitative estimate of drug-likeness (QED) is 0.805. The molecule has 2 amide bonds. The number of hydrogen-bond donors (Lipinski definition) is 2. The monoisotopic (exact) mass is 243 g/mol. The van der Waals surface area contributed by atoms with Crippen molar-refractivity contribution in [3.8, 4) is 0 Å². The first-order chi connectivity index (χ1) is 7.67. The molecule has 2 N–H and O–H groups in total. The van der Waals surface area contributed by atoms with Crippen molar-refractivity contribution in [1.82, 2.24) is 15.2 Å². The van der Waals surface area contributed by atoms with Gasteiger partial charge in [0.1, 0.15) is 5.01 Å². The topological polar surface area (TPSA) is 65.5 Å². The molecule has 0 fully saturated rings. The van der Waals surface area contributed by atoms with Crippen molar-refractivity contribution in [3.05, 3.63) is 16.1 Å². The lowest BCUT2D eigenvalue weighted by atomic mass is 10.4. The van der Waals surface area contributed by atoms with E-state index >= 15 is 0 Å². The van der Waals surface area contributed by atoms with Crippen LogP contribution in [0.25, 0.3) is 0 Å². The summed E-state index contributed by atoms with van der Waals surface area (Å²) < 4.78 is 0. The van der Waals surface area contributed by atoms with Crippen LogP contribution in [0.3, 0.4) is 0 Å². The summed E-state index contributed by atoms with van der Waals surface area (Å²) in [4.78, 5) is 18.3. The van der Waals surface area contributed by atoms with E-state index in [-0.39, 0.29) is 12.6 Å². The lowest BCUT2D eigenvalue weighted by molar-refractivity contribution is 0.190. The SMILES string of the molecule is CCc1cnc(CNC(=O)N(C)CCO)s1. The predicted molar refractivity (Wildman–Crippen MR) is 63.4 cm³/mol. The molecule has 0 unspecified atom stereocenters. The molecular weight excluding hydrogens is 226 g/mol. The number of amides is 2. The van der Waals surface area contributed by atoms with Crippen LogP contribution in [-0.2, 0) is 13.0 Å². The Balaban J connectivity index is 2.36. The fourth-order valence-corrected chi connectivity index (χ4v) is 1.93. The molecule has 16 heavy (non-hydrogen) atoms. The van der Waals surface area contributed by atoms with E-state index in [1.807, 2.05) is 6.20 Å². The lowest BCUT2D eigenvalue weighted by Gasteiger charge is -2.15. The Kier molecular flexibility index (Phi) is 5.21. The average Bonchev–Trinajstić information content (AvgIpc) is 2.74. The van der Waals surface area contributed by atoms with Gasteiger partial charge in [-0.05, 0) is 6.42 Å². The van der Waals surface area contributed by atoms with Crippen LogP contribution in [0.5, 0.6) is 0 Å². The number of likely N-dealkylation sites (N-methyl/N-ethyl adjacent to an activating group) is 1. The van der Waals surface area contributed by atoms with Crippen molar-refractivity contribution < 1.29 is 9.90 Å². The van der Waals surface area contributed by atoms with Gasteiger partial charge in [-0.2, -0.15) is 0 Å². The number of hydrogen-bond acceptors (Lipinski definition) is 4. The summed E-state index contributed by atoms with van der Waals surface area (Å²) in [6.07, 6.45) is 2.81. The lowest BCUT2D eigenvalue weighted by Crippen LogP contribution is -2.38. The van der Waals surface area contributed by atoms with Gasteiger partial charge in [0.05, 0.1) is 13.2 Å². The van der Waals surface area contributed by atoms with Crippen LogP contribution in [0.4, 0.5) is 4.79 Å². The summed E-state index contributed by atoms with van der Waals surface area (Å²) in [6.45, 7) is 2.83. The summed E-state index contributed by atoms with van der Waals surface area (Å²) in [5, 5.41) is 12.3. The van der Waals surface area contributed by atoms with E-state index in [0.29, 0.717) is 13.1 Å². The van der Waals surface area contributed by atoms with Crippen LogP contribution in [0.15, 0.2) is 6.20 Å². The third-order valence-corrected chi connectivity index (χ3v) is 3.26. The molecule has 0 saturated heterocycles. The number of nitrogens with zero attached hydrogens (tertiary/aromatic N) is 2. The summed E-state index contributed by atoms with van der Waals surface area (Å²) in [5.74, 6) is 0. The molecule has 0 atom stereocenters. The number of carbonyl (C=O) groups is 1. The maximum Gasteiger partial charge on any atom is 0.317 e. The second-order valence-electron chi connectivity index (χ2n) is 3.38. The van der Waals surface area contributed by atoms with E-state index in [1.165, 1.54) is 9.78 Å². The fraction of sp³-hybridized carbons (Fsp3) is 0.600. The van der Waals surface area contributed by atoms with Gasteiger partial charge in [-0.25, -0.2) is 9.78 Å². The number of aliphatic hydroxyl groups is 1. The zero-order valence-electron chi connectivity index (χ0n) is 9.56. The number of thiazole rings is 1. The smallest absolute Gasteiger partial charge is 0.317 e. The van der Waals surface area contributed by atoms with Crippen LogP contribution in [-0.4, -0.2) is 41.2 Å². The van der Waals surface area contributed by atoms with Crippen LogP contribution >= 0.6 is 11.3 Å². The molecule has 90 valence electrons. The largest absolute Gasteiger partial charge is 0.395 e. The third kappa shape index (κ3) is 3.79. The molecule has 0 aromatic carbocycles. The maximum atomic E-state index is 11.5. The summed E-state index contributed by atoms with van der Waals surface area (Å²) >= 11 is 1.61. The van der Waals surface area contributed by atoms with E-state index in [9.17, 15) is 4.79 Å². The molecule has 0 bridgehead atoms. The molecule has 0 saturated carbocycles. The van der Waals surface area contributed by atoms with Crippen molar-refractivity contribution in [2.45, 2.75) is 19.9 Å². The third-order valence-electron chi connectivity index (χ3n) is 2.12. The highest BCUT2D eigenvalue weighted by molar-refractivity contribution is 7.11. The highest BCUT2D eigenvalue weighted by Crippen LogP contribution is 2.12. The van der Waals surface area contributed by atoms with Gasteiger partial charge in [-0.15, -0.1) is 11.3 Å². The van der Waals surface area contributed by atoms with Gasteiger partial charge >= 0.3 is 6.03 Å². The van der Waals surface area contributed by atoms with Crippen LogP contribution < -0.4 is 5.32 Å². The predicted octanol–water partition coefficient (Wildman–Crippen LogP) is 0.839. The fourth-order valence-electron chi connectivity index (χ4n) is 1.13. The zero-order chi connectivity index (χ0) is 12.0. The van der Waals surface area contributed by atoms with E-state index in [2.05, 4.69) is 17.2 Å². The molecule has 1 heterocycles. The van der Waals surface area contributed by atoms with Gasteiger partial charge in [0, 0.05) is 24.7 Å². The normalized spacial score (nSPS) is 10.2. The van der Waals surface area contributed by atoms with E-state index < -0.39 is 0 Å². The zero-order valence-corrected chi connectivity index (χ0v) is 10.4. The molecule has 6 heteroatoms. The standard InChI is InChI=1S/C10H17N3O2S/c1-3-8-6-11-9(16-8)7-12-10(15)13(2)4-5-14/h6,14H,3-5,7H2,1-2H3,(H,12,15). The molecule has 0 aliphatic heterocycles. The Morgan fingerprint density at radius 3 is 3.00 bits per heavy atom. The molecule has 0 radical (unpaired) electrons. The van der Waals surface area contributed by atoms with Gasteiger partial charge in [-0.1, -0.05) is 6.92 Å². The minimum absolute atomic E-state index is 0.0266. The molecule has 0 aliphatic carbocycles. The van der Waals surface area contributed by atoms with Crippen LogP contribution in [0, 0.1) is 0 Å². The first kappa shape index (κ1) is 12.9. The second-order valence-corrected chi connectivity index (χ2v) is 4.58. The van der Waals surface area contributed by atoms with E-state index in [4.69, 9.17) is 5.11 Å². The minimum atomic E-state index is -0.192. The molecule has 0 spiro atoms. The van der Waals surface area contributed by atoms with Gasteiger partial charge in [0.2, 0.25) is 0 Å². The molecule has 0 aliphatic rings. The summed E-state index contributed by atoms with van der Waals surface area (Å²) in [6, 6.07) is -0.192. The van der Waals surface area contributed by atoms with Crippen molar-refractivity contribution in [2.75, 3.05) is 20.2 Å². The number of carbonyl (C=O) groups excluding carboxylic acids is 1. The Bertz CT molecular complexity index is 341.